The van der Waals surface area contributed by atoms with Crippen LogP contribution >= 0.6 is 11.8 Å². The summed E-state index contributed by atoms with van der Waals surface area (Å²) in [7, 11) is -3.37. The van der Waals surface area contributed by atoms with Crippen molar-refractivity contribution in [3.63, 3.8) is 0 Å². The van der Waals surface area contributed by atoms with Crippen molar-refractivity contribution in [1.82, 2.24) is 4.72 Å². The fourth-order valence-electron chi connectivity index (χ4n) is 1.58. The zero-order valence-electron chi connectivity index (χ0n) is 10.4. The molecule has 5 heteroatoms. The maximum atomic E-state index is 12.0. The first kappa shape index (κ1) is 14.5. The maximum Gasteiger partial charge on any atom is 0.240 e. The van der Waals surface area contributed by atoms with E-state index < -0.39 is 10.0 Å². The molecular formula is C12H19NO2S2. The molecule has 0 aliphatic carbocycles. The highest BCUT2D eigenvalue weighted by molar-refractivity contribution is 7.98. The molecule has 1 unspecified atom stereocenters. The third-order valence-electron chi connectivity index (χ3n) is 2.45. The van der Waals surface area contributed by atoms with Gasteiger partial charge in [0.2, 0.25) is 10.0 Å². The lowest BCUT2D eigenvalue weighted by molar-refractivity contribution is 0.544. The summed E-state index contributed by atoms with van der Waals surface area (Å²) in [5, 5.41) is 0. The van der Waals surface area contributed by atoms with E-state index in [1.54, 1.807) is 23.9 Å². The fourth-order valence-corrected chi connectivity index (χ4v) is 3.27. The third kappa shape index (κ3) is 4.33. The Morgan fingerprint density at radius 3 is 2.35 bits per heavy atom. The molecule has 1 atom stereocenters. The molecule has 0 saturated carbocycles. The van der Waals surface area contributed by atoms with Crippen molar-refractivity contribution in [2.75, 3.05) is 6.26 Å². The molecule has 1 rings (SSSR count). The molecule has 0 saturated heterocycles. The summed E-state index contributed by atoms with van der Waals surface area (Å²) in [4.78, 5) is 1.39. The molecule has 3 nitrogen and oxygen atoms in total. The van der Waals surface area contributed by atoms with E-state index in [1.165, 1.54) is 0 Å². The van der Waals surface area contributed by atoms with Crippen LogP contribution in [0.5, 0.6) is 0 Å². The summed E-state index contributed by atoms with van der Waals surface area (Å²) in [6, 6.07) is 6.91. The van der Waals surface area contributed by atoms with E-state index in [4.69, 9.17) is 0 Å². The predicted molar refractivity (Wildman–Crippen MR) is 72.9 cm³/mol. The van der Waals surface area contributed by atoms with Gasteiger partial charge in [-0.15, -0.1) is 11.8 Å². The molecule has 1 aromatic carbocycles. The lowest BCUT2D eigenvalue weighted by Gasteiger charge is -2.13. The Labute approximate surface area is 108 Å². The van der Waals surface area contributed by atoms with Gasteiger partial charge in [0.1, 0.15) is 0 Å². The van der Waals surface area contributed by atoms with Crippen LogP contribution in [0.2, 0.25) is 0 Å². The normalized spacial score (nSPS) is 13.6. The molecule has 17 heavy (non-hydrogen) atoms. The SMILES string of the molecule is CCCC(C)NS(=O)(=O)c1ccc(SC)cc1. The Hall–Kier alpha value is -0.520. The van der Waals surface area contributed by atoms with Crippen molar-refractivity contribution in [3.05, 3.63) is 24.3 Å². The highest BCUT2D eigenvalue weighted by Crippen LogP contribution is 2.17. The summed E-state index contributed by atoms with van der Waals surface area (Å²) >= 11 is 1.59. The average Bonchev–Trinajstić information content (AvgIpc) is 2.28. The molecular weight excluding hydrogens is 254 g/mol. The molecule has 0 aromatic heterocycles. The molecule has 1 N–H and O–H groups in total. The van der Waals surface area contributed by atoms with Crippen molar-refractivity contribution in [3.8, 4) is 0 Å². The molecule has 0 radical (unpaired) electrons. The van der Waals surface area contributed by atoms with E-state index in [9.17, 15) is 8.42 Å². The topological polar surface area (TPSA) is 46.2 Å². The quantitative estimate of drug-likeness (QED) is 0.811. The lowest BCUT2D eigenvalue weighted by atomic mass is 10.2. The highest BCUT2D eigenvalue weighted by Gasteiger charge is 2.16. The van der Waals surface area contributed by atoms with Crippen LogP contribution in [0.1, 0.15) is 26.7 Å². The van der Waals surface area contributed by atoms with Gasteiger partial charge in [0.25, 0.3) is 0 Å². The highest BCUT2D eigenvalue weighted by atomic mass is 32.2. The molecule has 0 fully saturated rings. The average molecular weight is 273 g/mol. The molecule has 0 amide bonds. The number of thioether (sulfide) groups is 1. The van der Waals surface area contributed by atoms with Crippen molar-refractivity contribution < 1.29 is 8.42 Å². The van der Waals surface area contributed by atoms with E-state index in [2.05, 4.69) is 4.72 Å². The van der Waals surface area contributed by atoms with Gasteiger partial charge in [-0.1, -0.05) is 13.3 Å². The second kappa shape index (κ2) is 6.42. The molecule has 0 bridgehead atoms. The number of rotatable bonds is 6. The predicted octanol–water partition coefficient (Wildman–Crippen LogP) is 2.88. The summed E-state index contributed by atoms with van der Waals surface area (Å²) in [5.74, 6) is 0. The second-order valence-electron chi connectivity index (χ2n) is 3.99. The van der Waals surface area contributed by atoms with Crippen LogP contribution in [0.3, 0.4) is 0 Å². The van der Waals surface area contributed by atoms with Gasteiger partial charge in [-0.05, 0) is 43.9 Å². The standard InChI is InChI=1S/C12H19NO2S2/c1-4-5-10(2)13-17(14,15)12-8-6-11(16-3)7-9-12/h6-10,13H,4-5H2,1-3H3. The molecule has 0 aliphatic heterocycles. The summed E-state index contributed by atoms with van der Waals surface area (Å²) in [5.41, 5.74) is 0. The van der Waals surface area contributed by atoms with Gasteiger partial charge in [0.15, 0.2) is 0 Å². The lowest BCUT2D eigenvalue weighted by Crippen LogP contribution is -2.32. The van der Waals surface area contributed by atoms with Gasteiger partial charge < -0.3 is 0 Å². The van der Waals surface area contributed by atoms with Crippen molar-refractivity contribution in [1.29, 1.82) is 0 Å². The van der Waals surface area contributed by atoms with Crippen LogP contribution in [0.25, 0.3) is 0 Å². The van der Waals surface area contributed by atoms with Crippen LogP contribution in [0.4, 0.5) is 0 Å². The number of hydrogen-bond donors (Lipinski definition) is 1. The first-order chi connectivity index (χ1) is 7.99. The first-order valence-corrected chi connectivity index (χ1v) is 8.36. The number of benzene rings is 1. The first-order valence-electron chi connectivity index (χ1n) is 5.66. The Kier molecular flexibility index (Phi) is 5.49. The smallest absolute Gasteiger partial charge is 0.208 e. The third-order valence-corrected chi connectivity index (χ3v) is 4.80. The number of sulfonamides is 1. The number of nitrogens with one attached hydrogen (secondary N) is 1. The van der Waals surface area contributed by atoms with E-state index in [0.29, 0.717) is 4.90 Å². The van der Waals surface area contributed by atoms with Crippen LogP contribution in [0, 0.1) is 0 Å². The van der Waals surface area contributed by atoms with Crippen LogP contribution in [-0.4, -0.2) is 20.7 Å². The Balaban J connectivity index is 2.82. The van der Waals surface area contributed by atoms with E-state index in [-0.39, 0.29) is 6.04 Å². The molecule has 0 heterocycles. The Bertz CT molecular complexity index is 440. The molecule has 96 valence electrons. The largest absolute Gasteiger partial charge is 0.240 e. The van der Waals surface area contributed by atoms with Crippen molar-refractivity contribution in [2.24, 2.45) is 0 Å². The van der Waals surface area contributed by atoms with E-state index >= 15 is 0 Å². The minimum Gasteiger partial charge on any atom is -0.208 e. The van der Waals surface area contributed by atoms with Crippen molar-refractivity contribution in [2.45, 2.75) is 42.5 Å². The van der Waals surface area contributed by atoms with Gasteiger partial charge in [-0.3, -0.25) is 0 Å². The minimum absolute atomic E-state index is 0.0229. The minimum atomic E-state index is -3.37. The van der Waals surface area contributed by atoms with Gasteiger partial charge in [-0.25, -0.2) is 13.1 Å². The summed E-state index contributed by atoms with van der Waals surface area (Å²) < 4.78 is 26.7. The molecule has 0 aliphatic rings. The summed E-state index contributed by atoms with van der Waals surface area (Å²) in [6.07, 6.45) is 3.78. The summed E-state index contributed by atoms with van der Waals surface area (Å²) in [6.45, 7) is 3.93. The van der Waals surface area contributed by atoms with Crippen molar-refractivity contribution >= 4 is 21.8 Å². The van der Waals surface area contributed by atoms with Gasteiger partial charge in [0.05, 0.1) is 4.90 Å². The van der Waals surface area contributed by atoms with Gasteiger partial charge >= 0.3 is 0 Å². The van der Waals surface area contributed by atoms with Gasteiger partial charge in [0, 0.05) is 10.9 Å². The molecule has 1 aromatic rings. The maximum absolute atomic E-state index is 12.0. The zero-order chi connectivity index (χ0) is 12.9. The van der Waals surface area contributed by atoms with E-state index in [1.807, 2.05) is 32.2 Å². The fraction of sp³-hybridized carbons (Fsp3) is 0.500. The molecule has 0 spiro atoms. The number of hydrogen-bond acceptors (Lipinski definition) is 3. The Morgan fingerprint density at radius 1 is 1.29 bits per heavy atom. The second-order valence-corrected chi connectivity index (χ2v) is 6.58. The van der Waals surface area contributed by atoms with Crippen LogP contribution in [0.15, 0.2) is 34.1 Å². The Morgan fingerprint density at radius 2 is 1.88 bits per heavy atom. The van der Waals surface area contributed by atoms with Crippen LogP contribution in [-0.2, 0) is 10.0 Å². The van der Waals surface area contributed by atoms with Crippen LogP contribution < -0.4 is 4.72 Å². The van der Waals surface area contributed by atoms with Gasteiger partial charge in [-0.2, -0.15) is 0 Å². The zero-order valence-corrected chi connectivity index (χ0v) is 12.1. The monoisotopic (exact) mass is 273 g/mol. The van der Waals surface area contributed by atoms with E-state index in [0.717, 1.165) is 17.7 Å².